The van der Waals surface area contributed by atoms with E-state index in [1.165, 1.54) is 22.8 Å². The molecule has 21 heavy (non-hydrogen) atoms. The van der Waals surface area contributed by atoms with Gasteiger partial charge in [0.25, 0.3) is 0 Å². The highest BCUT2D eigenvalue weighted by Crippen LogP contribution is 2.29. The van der Waals surface area contributed by atoms with Crippen molar-refractivity contribution < 1.29 is 4.39 Å². The molecule has 2 nitrogen and oxygen atoms in total. The molecule has 1 unspecified atom stereocenters. The SMILES string of the molecule is Cc1cc(C)c(C(Cc2cccc(F)c2Cl)NN)c(C)c1. The Hall–Kier alpha value is -1.42. The Kier molecular flexibility index (Phi) is 4.99. The summed E-state index contributed by atoms with van der Waals surface area (Å²) in [6.07, 6.45) is 0.540. The van der Waals surface area contributed by atoms with Gasteiger partial charge in [-0.25, -0.2) is 4.39 Å². The second-order valence-electron chi connectivity index (χ2n) is 5.45. The normalized spacial score (nSPS) is 12.5. The van der Waals surface area contributed by atoms with Crippen LogP contribution in [0.25, 0.3) is 0 Å². The Morgan fingerprint density at radius 2 is 1.81 bits per heavy atom. The van der Waals surface area contributed by atoms with Gasteiger partial charge < -0.3 is 0 Å². The summed E-state index contributed by atoms with van der Waals surface area (Å²) < 4.78 is 13.6. The maximum absolute atomic E-state index is 13.6. The maximum atomic E-state index is 13.6. The van der Waals surface area contributed by atoms with E-state index in [0.29, 0.717) is 6.42 Å². The quantitative estimate of drug-likeness (QED) is 0.658. The van der Waals surface area contributed by atoms with Gasteiger partial charge in [-0.1, -0.05) is 41.4 Å². The Morgan fingerprint density at radius 1 is 1.19 bits per heavy atom. The lowest BCUT2D eigenvalue weighted by Crippen LogP contribution is -2.31. The van der Waals surface area contributed by atoms with Crippen LogP contribution in [-0.2, 0) is 6.42 Å². The van der Waals surface area contributed by atoms with Crippen molar-refractivity contribution >= 4 is 11.6 Å². The number of benzene rings is 2. The Labute approximate surface area is 130 Å². The van der Waals surface area contributed by atoms with Crippen LogP contribution in [0.1, 0.15) is 33.9 Å². The fourth-order valence-corrected chi connectivity index (χ4v) is 3.11. The van der Waals surface area contributed by atoms with Crippen molar-refractivity contribution in [3.05, 3.63) is 69.0 Å². The standard InChI is InChI=1S/C17H20ClFN2/c1-10-7-11(2)16(12(3)8-10)15(21-20)9-13-5-4-6-14(19)17(13)18/h4-8,15,21H,9,20H2,1-3H3. The zero-order valence-corrected chi connectivity index (χ0v) is 13.3. The largest absolute Gasteiger partial charge is 0.271 e. The molecule has 0 bridgehead atoms. The molecule has 0 radical (unpaired) electrons. The molecule has 0 saturated carbocycles. The number of hydrogen-bond acceptors (Lipinski definition) is 2. The van der Waals surface area contributed by atoms with Crippen LogP contribution in [0, 0.1) is 26.6 Å². The topological polar surface area (TPSA) is 38.0 Å². The summed E-state index contributed by atoms with van der Waals surface area (Å²) in [4.78, 5) is 0. The summed E-state index contributed by atoms with van der Waals surface area (Å²) in [6.45, 7) is 6.19. The van der Waals surface area contributed by atoms with E-state index in [1.807, 2.05) is 6.07 Å². The number of hydrazine groups is 1. The van der Waals surface area contributed by atoms with Crippen LogP contribution < -0.4 is 11.3 Å². The van der Waals surface area contributed by atoms with Crippen LogP contribution in [0.2, 0.25) is 5.02 Å². The summed E-state index contributed by atoms with van der Waals surface area (Å²) in [5.41, 5.74) is 8.28. The number of halogens is 2. The molecule has 2 aromatic carbocycles. The summed E-state index contributed by atoms with van der Waals surface area (Å²) in [5, 5.41) is 0.167. The number of nitrogens with two attached hydrogens (primary N) is 1. The van der Waals surface area contributed by atoms with Gasteiger partial charge in [-0.3, -0.25) is 11.3 Å². The van der Waals surface area contributed by atoms with E-state index >= 15 is 0 Å². The fourth-order valence-electron chi connectivity index (χ4n) is 2.91. The molecule has 3 N–H and O–H groups in total. The van der Waals surface area contributed by atoms with Crippen LogP contribution in [0.5, 0.6) is 0 Å². The van der Waals surface area contributed by atoms with E-state index in [2.05, 4.69) is 38.3 Å². The molecular formula is C17H20ClFN2. The number of aryl methyl sites for hydroxylation is 3. The Morgan fingerprint density at radius 3 is 2.38 bits per heavy atom. The lowest BCUT2D eigenvalue weighted by molar-refractivity contribution is 0.543. The molecule has 0 aliphatic rings. The van der Waals surface area contributed by atoms with Gasteiger partial charge in [0.05, 0.1) is 11.1 Å². The van der Waals surface area contributed by atoms with Crippen LogP contribution in [-0.4, -0.2) is 0 Å². The first-order valence-corrected chi connectivity index (χ1v) is 7.28. The lowest BCUT2D eigenvalue weighted by Gasteiger charge is -2.22. The van der Waals surface area contributed by atoms with Crippen molar-refractivity contribution in [1.29, 1.82) is 0 Å². The van der Waals surface area contributed by atoms with Gasteiger partial charge >= 0.3 is 0 Å². The van der Waals surface area contributed by atoms with Crippen molar-refractivity contribution in [2.45, 2.75) is 33.2 Å². The van der Waals surface area contributed by atoms with Crippen molar-refractivity contribution in [2.24, 2.45) is 5.84 Å². The number of hydrogen-bond donors (Lipinski definition) is 2. The molecule has 0 amide bonds. The van der Waals surface area contributed by atoms with Crippen LogP contribution in [0.4, 0.5) is 4.39 Å². The molecule has 0 saturated heterocycles. The minimum Gasteiger partial charge on any atom is -0.271 e. The summed E-state index contributed by atoms with van der Waals surface area (Å²) in [7, 11) is 0. The molecule has 4 heteroatoms. The number of rotatable bonds is 4. The minimum absolute atomic E-state index is 0.107. The number of nitrogens with one attached hydrogen (secondary N) is 1. The van der Waals surface area contributed by atoms with E-state index < -0.39 is 5.82 Å². The summed E-state index contributed by atoms with van der Waals surface area (Å²) in [5.74, 6) is 5.33. The molecule has 0 heterocycles. The van der Waals surface area contributed by atoms with E-state index in [-0.39, 0.29) is 11.1 Å². The molecule has 0 aliphatic heterocycles. The van der Waals surface area contributed by atoms with Crippen LogP contribution in [0.15, 0.2) is 30.3 Å². The zero-order chi connectivity index (χ0) is 15.6. The van der Waals surface area contributed by atoms with E-state index in [0.717, 1.165) is 11.1 Å². The molecule has 0 spiro atoms. The van der Waals surface area contributed by atoms with Gasteiger partial charge in [0.15, 0.2) is 0 Å². The highest BCUT2D eigenvalue weighted by Gasteiger charge is 2.18. The predicted molar refractivity (Wildman–Crippen MR) is 85.8 cm³/mol. The van der Waals surface area contributed by atoms with E-state index in [4.69, 9.17) is 17.4 Å². The third-order valence-electron chi connectivity index (χ3n) is 3.74. The molecule has 112 valence electrons. The van der Waals surface area contributed by atoms with Crippen molar-refractivity contribution in [1.82, 2.24) is 5.43 Å². The summed E-state index contributed by atoms with van der Waals surface area (Å²) in [6, 6.07) is 9.00. The van der Waals surface area contributed by atoms with Crippen molar-refractivity contribution in [3.8, 4) is 0 Å². The second-order valence-corrected chi connectivity index (χ2v) is 5.83. The van der Waals surface area contributed by atoms with Gasteiger partial charge in [0, 0.05) is 0 Å². The molecule has 2 aromatic rings. The van der Waals surface area contributed by atoms with Gasteiger partial charge in [0.2, 0.25) is 0 Å². The third kappa shape index (κ3) is 3.43. The fraction of sp³-hybridized carbons (Fsp3) is 0.294. The maximum Gasteiger partial charge on any atom is 0.142 e. The van der Waals surface area contributed by atoms with Crippen molar-refractivity contribution in [3.63, 3.8) is 0 Å². The highest BCUT2D eigenvalue weighted by molar-refractivity contribution is 6.31. The second kappa shape index (κ2) is 6.56. The first-order valence-electron chi connectivity index (χ1n) is 6.90. The van der Waals surface area contributed by atoms with E-state index in [1.54, 1.807) is 6.07 Å². The average Bonchev–Trinajstić information content (AvgIpc) is 2.41. The molecule has 0 fully saturated rings. The smallest absolute Gasteiger partial charge is 0.142 e. The Bertz CT molecular complexity index is 632. The summed E-state index contributed by atoms with van der Waals surface area (Å²) >= 11 is 6.04. The first-order chi connectivity index (χ1) is 9.93. The van der Waals surface area contributed by atoms with Gasteiger partial charge in [-0.15, -0.1) is 0 Å². The van der Waals surface area contributed by atoms with Gasteiger partial charge in [0.1, 0.15) is 5.82 Å². The van der Waals surface area contributed by atoms with Crippen LogP contribution in [0.3, 0.4) is 0 Å². The van der Waals surface area contributed by atoms with Gasteiger partial charge in [-0.05, 0) is 55.5 Å². The highest BCUT2D eigenvalue weighted by atomic mass is 35.5. The van der Waals surface area contributed by atoms with Crippen molar-refractivity contribution in [2.75, 3.05) is 0 Å². The van der Waals surface area contributed by atoms with Gasteiger partial charge in [-0.2, -0.15) is 0 Å². The average molecular weight is 307 g/mol. The monoisotopic (exact) mass is 306 g/mol. The van der Waals surface area contributed by atoms with E-state index in [9.17, 15) is 4.39 Å². The molecule has 2 rings (SSSR count). The Balaban J connectivity index is 2.39. The third-order valence-corrected chi connectivity index (χ3v) is 4.17. The molecule has 0 aromatic heterocycles. The minimum atomic E-state index is -0.401. The molecule has 0 aliphatic carbocycles. The molecule has 1 atom stereocenters. The van der Waals surface area contributed by atoms with Crippen LogP contribution >= 0.6 is 11.6 Å². The predicted octanol–water partition coefficient (Wildman–Crippen LogP) is 4.15. The lowest BCUT2D eigenvalue weighted by atomic mass is 9.91. The molecular weight excluding hydrogens is 287 g/mol. The zero-order valence-electron chi connectivity index (χ0n) is 12.5. The first kappa shape index (κ1) is 16.0.